The third-order valence-electron chi connectivity index (χ3n) is 3.41. The van der Waals surface area contributed by atoms with E-state index >= 15 is 0 Å². The maximum Gasteiger partial charge on any atom is 0.417 e. The standard InChI is InChI=1S/C14H13BrF3NO2/c15-12-6-1-8(7-11(12)14(16,17)18)13(21)19-9-2-4-10(20)5-3-9/h1,6-7,9H,2-5H2,(H,19,21). The molecule has 0 atom stereocenters. The Balaban J connectivity index is 2.11. The minimum absolute atomic E-state index is 0.0394. The molecule has 0 unspecified atom stereocenters. The lowest BCUT2D eigenvalue weighted by molar-refractivity contribution is -0.138. The number of hydrogen-bond donors (Lipinski definition) is 1. The maximum absolute atomic E-state index is 12.8. The Hall–Kier alpha value is -1.37. The van der Waals surface area contributed by atoms with Crippen molar-refractivity contribution in [2.75, 3.05) is 0 Å². The van der Waals surface area contributed by atoms with E-state index in [1.165, 1.54) is 12.1 Å². The molecule has 7 heteroatoms. The van der Waals surface area contributed by atoms with Crippen molar-refractivity contribution in [3.8, 4) is 0 Å². The van der Waals surface area contributed by atoms with Gasteiger partial charge in [-0.15, -0.1) is 0 Å². The van der Waals surface area contributed by atoms with E-state index in [0.29, 0.717) is 25.7 Å². The van der Waals surface area contributed by atoms with Gasteiger partial charge in [0.05, 0.1) is 5.56 Å². The highest BCUT2D eigenvalue weighted by molar-refractivity contribution is 9.10. The highest BCUT2D eigenvalue weighted by Gasteiger charge is 2.33. The number of benzene rings is 1. The summed E-state index contributed by atoms with van der Waals surface area (Å²) in [5.41, 5.74) is -0.920. The predicted octanol–water partition coefficient (Wildman–Crippen LogP) is 3.71. The number of alkyl halides is 3. The molecule has 1 aromatic rings. The molecular weight excluding hydrogens is 351 g/mol. The Morgan fingerprint density at radius 3 is 2.43 bits per heavy atom. The summed E-state index contributed by atoms with van der Waals surface area (Å²) >= 11 is 2.83. The average molecular weight is 364 g/mol. The molecule has 1 fully saturated rings. The molecule has 0 heterocycles. The Kier molecular flexibility index (Phi) is 4.70. The summed E-state index contributed by atoms with van der Waals surface area (Å²) in [6.45, 7) is 0. The lowest BCUT2D eigenvalue weighted by Gasteiger charge is -2.22. The zero-order valence-electron chi connectivity index (χ0n) is 11.0. The minimum Gasteiger partial charge on any atom is -0.349 e. The van der Waals surface area contributed by atoms with Gasteiger partial charge < -0.3 is 5.32 Å². The molecule has 0 aliphatic heterocycles. The Morgan fingerprint density at radius 1 is 1.24 bits per heavy atom. The molecule has 114 valence electrons. The average Bonchev–Trinajstić information content (AvgIpc) is 2.40. The first-order valence-corrected chi connectivity index (χ1v) is 7.26. The topological polar surface area (TPSA) is 46.2 Å². The number of carbonyl (C=O) groups is 2. The number of nitrogens with one attached hydrogen (secondary N) is 1. The summed E-state index contributed by atoms with van der Waals surface area (Å²) in [5, 5.41) is 2.68. The lowest BCUT2D eigenvalue weighted by atomic mass is 9.94. The quantitative estimate of drug-likeness (QED) is 0.870. The van der Waals surface area contributed by atoms with Crippen LogP contribution in [0.25, 0.3) is 0 Å². The van der Waals surface area contributed by atoms with Gasteiger partial charge in [-0.2, -0.15) is 13.2 Å². The highest BCUT2D eigenvalue weighted by atomic mass is 79.9. The first-order valence-electron chi connectivity index (χ1n) is 6.46. The zero-order chi connectivity index (χ0) is 15.6. The summed E-state index contributed by atoms with van der Waals surface area (Å²) in [5.74, 6) is -0.393. The molecule has 2 rings (SSSR count). The Morgan fingerprint density at radius 2 is 1.86 bits per heavy atom. The summed E-state index contributed by atoms with van der Waals surface area (Å²) < 4.78 is 38.3. The molecule has 1 amide bonds. The summed E-state index contributed by atoms with van der Waals surface area (Å²) in [6, 6.07) is 3.21. The number of halogens is 4. The Labute approximate surface area is 128 Å². The van der Waals surface area contributed by atoms with Crippen LogP contribution >= 0.6 is 15.9 Å². The van der Waals surface area contributed by atoms with Crippen LogP contribution < -0.4 is 5.32 Å². The lowest BCUT2D eigenvalue weighted by Crippen LogP contribution is -2.37. The number of ketones is 1. The number of amides is 1. The van der Waals surface area contributed by atoms with Crippen LogP contribution in [0.5, 0.6) is 0 Å². The smallest absolute Gasteiger partial charge is 0.349 e. The van der Waals surface area contributed by atoms with E-state index < -0.39 is 17.6 Å². The normalized spacial score (nSPS) is 16.9. The molecule has 1 aliphatic carbocycles. The van der Waals surface area contributed by atoms with Gasteiger partial charge in [-0.1, -0.05) is 15.9 Å². The summed E-state index contributed by atoms with van der Waals surface area (Å²) in [4.78, 5) is 23.1. The van der Waals surface area contributed by atoms with Gasteiger partial charge in [0.25, 0.3) is 5.91 Å². The van der Waals surface area contributed by atoms with Crippen LogP contribution in [-0.4, -0.2) is 17.7 Å². The first-order chi connectivity index (χ1) is 9.77. The van der Waals surface area contributed by atoms with Crippen molar-refractivity contribution in [1.29, 1.82) is 0 Å². The van der Waals surface area contributed by atoms with Gasteiger partial charge in [-0.25, -0.2) is 0 Å². The fourth-order valence-electron chi connectivity index (χ4n) is 2.24. The molecule has 3 nitrogen and oxygen atoms in total. The largest absolute Gasteiger partial charge is 0.417 e. The molecule has 0 saturated heterocycles. The van der Waals surface area contributed by atoms with E-state index in [4.69, 9.17) is 0 Å². The fraction of sp³-hybridized carbons (Fsp3) is 0.429. The zero-order valence-corrected chi connectivity index (χ0v) is 12.6. The van der Waals surface area contributed by atoms with Gasteiger partial charge in [-0.3, -0.25) is 9.59 Å². The second-order valence-corrected chi connectivity index (χ2v) is 5.83. The van der Waals surface area contributed by atoms with Crippen molar-refractivity contribution in [1.82, 2.24) is 5.32 Å². The second kappa shape index (κ2) is 6.17. The number of hydrogen-bond acceptors (Lipinski definition) is 2. The van der Waals surface area contributed by atoms with E-state index in [-0.39, 0.29) is 21.9 Å². The van der Waals surface area contributed by atoms with Crippen LogP contribution in [-0.2, 0) is 11.0 Å². The van der Waals surface area contributed by atoms with Gasteiger partial charge in [0.15, 0.2) is 0 Å². The minimum atomic E-state index is -4.52. The Bertz CT molecular complexity index is 562. The maximum atomic E-state index is 12.8. The van der Waals surface area contributed by atoms with Crippen molar-refractivity contribution in [3.05, 3.63) is 33.8 Å². The van der Waals surface area contributed by atoms with Crippen molar-refractivity contribution in [2.45, 2.75) is 37.9 Å². The van der Waals surface area contributed by atoms with Crippen LogP contribution in [0.3, 0.4) is 0 Å². The molecular formula is C14H13BrF3NO2. The molecule has 0 spiro atoms. The molecule has 21 heavy (non-hydrogen) atoms. The van der Waals surface area contributed by atoms with E-state index in [1.807, 2.05) is 0 Å². The van der Waals surface area contributed by atoms with E-state index in [1.54, 1.807) is 0 Å². The number of rotatable bonds is 2. The van der Waals surface area contributed by atoms with Gasteiger partial charge in [0, 0.05) is 28.9 Å². The fourth-order valence-corrected chi connectivity index (χ4v) is 2.71. The molecule has 1 saturated carbocycles. The first kappa shape index (κ1) is 16.0. The van der Waals surface area contributed by atoms with Crippen molar-refractivity contribution in [3.63, 3.8) is 0 Å². The van der Waals surface area contributed by atoms with E-state index in [9.17, 15) is 22.8 Å². The van der Waals surface area contributed by atoms with Crippen molar-refractivity contribution >= 4 is 27.6 Å². The third-order valence-corrected chi connectivity index (χ3v) is 4.10. The van der Waals surface area contributed by atoms with Crippen LogP contribution in [0, 0.1) is 0 Å². The molecule has 0 aromatic heterocycles. The van der Waals surface area contributed by atoms with Crippen LogP contribution in [0.1, 0.15) is 41.6 Å². The monoisotopic (exact) mass is 363 g/mol. The van der Waals surface area contributed by atoms with Crippen LogP contribution in [0.2, 0.25) is 0 Å². The van der Waals surface area contributed by atoms with Crippen molar-refractivity contribution < 1.29 is 22.8 Å². The van der Waals surface area contributed by atoms with E-state index in [0.717, 1.165) is 6.07 Å². The number of Topliss-reactive ketones (excluding diaryl/α,β-unsaturated/α-hetero) is 1. The summed E-state index contributed by atoms with van der Waals surface area (Å²) in [6.07, 6.45) is -2.65. The third kappa shape index (κ3) is 4.06. The van der Waals surface area contributed by atoms with Crippen molar-refractivity contribution in [2.24, 2.45) is 0 Å². The number of carbonyl (C=O) groups excluding carboxylic acids is 2. The molecule has 0 radical (unpaired) electrons. The predicted molar refractivity (Wildman–Crippen MR) is 73.9 cm³/mol. The summed E-state index contributed by atoms with van der Waals surface area (Å²) in [7, 11) is 0. The SMILES string of the molecule is O=C1CCC(NC(=O)c2ccc(Br)c(C(F)(F)F)c2)CC1. The highest BCUT2D eigenvalue weighted by Crippen LogP contribution is 2.35. The van der Waals surface area contributed by atoms with Crippen LogP contribution in [0.15, 0.2) is 22.7 Å². The van der Waals surface area contributed by atoms with E-state index in [2.05, 4.69) is 21.2 Å². The second-order valence-electron chi connectivity index (χ2n) is 4.98. The van der Waals surface area contributed by atoms with Gasteiger partial charge in [-0.05, 0) is 31.0 Å². The van der Waals surface area contributed by atoms with Gasteiger partial charge in [0.2, 0.25) is 0 Å². The molecule has 1 aromatic carbocycles. The van der Waals surface area contributed by atoms with Gasteiger partial charge >= 0.3 is 6.18 Å². The molecule has 0 bridgehead atoms. The van der Waals surface area contributed by atoms with Gasteiger partial charge in [0.1, 0.15) is 5.78 Å². The molecule has 1 N–H and O–H groups in total. The molecule has 1 aliphatic rings. The van der Waals surface area contributed by atoms with Crippen LogP contribution in [0.4, 0.5) is 13.2 Å².